The van der Waals surface area contributed by atoms with Gasteiger partial charge >= 0.3 is 0 Å². The van der Waals surface area contributed by atoms with E-state index in [1.807, 2.05) is 6.07 Å². The largest absolute Gasteiger partial charge is 0.455 e. The molecule has 4 heterocycles. The summed E-state index contributed by atoms with van der Waals surface area (Å²) in [5.74, 6) is 0.874. The Bertz CT molecular complexity index is 3320. The molecule has 0 radical (unpaired) electrons. The molecule has 5 nitrogen and oxygen atoms in total. The van der Waals surface area contributed by atoms with Gasteiger partial charge in [0.15, 0.2) is 5.76 Å². The number of furan rings is 1. The van der Waals surface area contributed by atoms with E-state index >= 15 is 0 Å². The third-order valence-electron chi connectivity index (χ3n) is 11.8. The SMILES string of the molecule is c1ccc(-c2cccc(C3Nc4c(oc5ccccc45)C(n4c5ccccc5c5cc(-c6ccc7c(c6)c6ccccc6n7-c6ccccc6)ccc54)N3)c2)cc1. The van der Waals surface area contributed by atoms with E-state index in [1.165, 1.54) is 54.8 Å². The van der Waals surface area contributed by atoms with Crippen LogP contribution in [0, 0.1) is 0 Å². The van der Waals surface area contributed by atoms with Gasteiger partial charge in [-0.05, 0) is 94.5 Å². The third kappa shape index (κ3) is 4.99. The van der Waals surface area contributed by atoms with Crippen molar-refractivity contribution in [2.45, 2.75) is 12.3 Å². The van der Waals surface area contributed by atoms with Gasteiger partial charge in [0, 0.05) is 32.6 Å². The van der Waals surface area contributed by atoms with Gasteiger partial charge in [0.2, 0.25) is 0 Å². The second kappa shape index (κ2) is 12.6. The predicted molar refractivity (Wildman–Crippen MR) is 235 cm³/mol. The molecule has 12 rings (SSSR count). The van der Waals surface area contributed by atoms with Crippen LogP contribution in [0.5, 0.6) is 0 Å². The van der Waals surface area contributed by atoms with E-state index in [1.54, 1.807) is 0 Å². The lowest BCUT2D eigenvalue weighted by Gasteiger charge is -2.34. The van der Waals surface area contributed by atoms with Gasteiger partial charge < -0.3 is 18.9 Å². The highest BCUT2D eigenvalue weighted by Crippen LogP contribution is 2.45. The van der Waals surface area contributed by atoms with E-state index in [0.29, 0.717) is 0 Å². The Morgan fingerprint density at radius 2 is 0.982 bits per heavy atom. The molecule has 0 fully saturated rings. The van der Waals surface area contributed by atoms with E-state index in [2.05, 4.69) is 208 Å². The third-order valence-corrected chi connectivity index (χ3v) is 11.8. The zero-order valence-electron chi connectivity index (χ0n) is 30.9. The molecule has 1 aliphatic rings. The molecule has 2 N–H and O–H groups in total. The molecule has 2 atom stereocenters. The minimum absolute atomic E-state index is 0.174. The summed E-state index contributed by atoms with van der Waals surface area (Å²) < 4.78 is 11.6. The normalized spacial score (nSPS) is 15.4. The van der Waals surface area contributed by atoms with Gasteiger partial charge in [-0.25, -0.2) is 0 Å². The summed E-state index contributed by atoms with van der Waals surface area (Å²) >= 11 is 0. The van der Waals surface area contributed by atoms with Crippen molar-refractivity contribution in [1.82, 2.24) is 14.5 Å². The maximum atomic E-state index is 6.76. The summed E-state index contributed by atoms with van der Waals surface area (Å²) in [5, 5.41) is 13.8. The first-order valence-corrected chi connectivity index (χ1v) is 19.6. The first-order chi connectivity index (χ1) is 28.3. The Labute approximate surface area is 329 Å². The van der Waals surface area contributed by atoms with Crippen LogP contribution < -0.4 is 10.6 Å². The number of aromatic nitrogens is 2. The molecule has 0 bridgehead atoms. The molecule has 11 aromatic rings. The number of hydrogen-bond acceptors (Lipinski definition) is 3. The molecule has 5 heteroatoms. The lowest BCUT2D eigenvalue weighted by Crippen LogP contribution is -2.39. The quantitative estimate of drug-likeness (QED) is 0.185. The topological polar surface area (TPSA) is 47.1 Å². The van der Waals surface area contributed by atoms with Crippen LogP contribution in [-0.2, 0) is 0 Å². The van der Waals surface area contributed by atoms with E-state index < -0.39 is 0 Å². The molecule has 1 aliphatic heterocycles. The number of rotatable bonds is 5. The van der Waals surface area contributed by atoms with Crippen LogP contribution in [0.2, 0.25) is 0 Å². The number of para-hydroxylation sites is 4. The summed E-state index contributed by atoms with van der Waals surface area (Å²) in [6.45, 7) is 0. The van der Waals surface area contributed by atoms with E-state index in [4.69, 9.17) is 4.42 Å². The van der Waals surface area contributed by atoms with Gasteiger partial charge in [-0.1, -0.05) is 127 Å². The number of benzene rings is 8. The zero-order chi connectivity index (χ0) is 37.5. The van der Waals surface area contributed by atoms with Crippen molar-refractivity contribution in [2.75, 3.05) is 5.32 Å². The first-order valence-electron chi connectivity index (χ1n) is 19.6. The van der Waals surface area contributed by atoms with Crippen molar-refractivity contribution in [2.24, 2.45) is 0 Å². The fourth-order valence-corrected chi connectivity index (χ4v) is 9.19. The molecule has 0 aliphatic carbocycles. The van der Waals surface area contributed by atoms with Gasteiger partial charge in [-0.15, -0.1) is 0 Å². The molecule has 8 aromatic carbocycles. The summed E-state index contributed by atoms with van der Waals surface area (Å²) in [6, 6.07) is 69.7. The van der Waals surface area contributed by atoms with Crippen molar-refractivity contribution in [3.05, 3.63) is 205 Å². The summed E-state index contributed by atoms with van der Waals surface area (Å²) in [5.41, 5.74) is 13.7. The van der Waals surface area contributed by atoms with Gasteiger partial charge in [0.25, 0.3) is 0 Å². The zero-order valence-corrected chi connectivity index (χ0v) is 30.9. The van der Waals surface area contributed by atoms with E-state index in [9.17, 15) is 0 Å². The molecule has 0 saturated carbocycles. The minimum Gasteiger partial charge on any atom is -0.455 e. The van der Waals surface area contributed by atoms with Crippen LogP contribution in [0.4, 0.5) is 5.69 Å². The molecule has 57 heavy (non-hydrogen) atoms. The highest BCUT2D eigenvalue weighted by atomic mass is 16.3. The minimum atomic E-state index is -0.284. The van der Waals surface area contributed by atoms with Crippen LogP contribution >= 0.6 is 0 Å². The molecular formula is C52H36N4O. The van der Waals surface area contributed by atoms with Crippen LogP contribution in [0.15, 0.2) is 199 Å². The monoisotopic (exact) mass is 732 g/mol. The van der Waals surface area contributed by atoms with Crippen LogP contribution in [0.3, 0.4) is 0 Å². The average molecular weight is 733 g/mol. The molecule has 2 unspecified atom stereocenters. The second-order valence-electron chi connectivity index (χ2n) is 15.0. The van der Waals surface area contributed by atoms with Gasteiger partial charge in [-0.3, -0.25) is 5.32 Å². The number of nitrogens with one attached hydrogen (secondary N) is 2. The molecule has 0 spiro atoms. The standard InChI is InChI=1S/C52H36N4O/c1-3-14-33(15-4-1)34-16-13-17-37(30-34)51-53-49-41-22-9-12-25-48(41)57-50(49)52(54-51)56-45-24-11-8-21-40(45)43-32-36(27-29-47(43)56)35-26-28-46-42(31-35)39-20-7-10-23-44(39)55(46)38-18-5-2-6-19-38/h1-32,51-54H. The van der Waals surface area contributed by atoms with Crippen molar-refractivity contribution in [1.29, 1.82) is 0 Å². The van der Waals surface area contributed by atoms with E-state index in [-0.39, 0.29) is 12.3 Å². The van der Waals surface area contributed by atoms with Gasteiger partial charge in [0.1, 0.15) is 17.9 Å². The smallest absolute Gasteiger partial charge is 0.166 e. The van der Waals surface area contributed by atoms with Crippen LogP contribution in [0.25, 0.3) is 82.5 Å². The highest BCUT2D eigenvalue weighted by Gasteiger charge is 2.35. The van der Waals surface area contributed by atoms with Gasteiger partial charge in [0.05, 0.1) is 27.8 Å². The Morgan fingerprint density at radius 3 is 1.77 bits per heavy atom. The number of fused-ring (bicyclic) bond motifs is 9. The highest BCUT2D eigenvalue weighted by molar-refractivity contribution is 6.12. The molecule has 0 saturated heterocycles. The van der Waals surface area contributed by atoms with Crippen molar-refractivity contribution in [3.8, 4) is 27.9 Å². The van der Waals surface area contributed by atoms with Gasteiger partial charge in [-0.2, -0.15) is 0 Å². The number of anilines is 1. The fraction of sp³-hybridized carbons (Fsp3) is 0.0385. The van der Waals surface area contributed by atoms with Crippen molar-refractivity contribution >= 4 is 60.3 Å². The molecule has 3 aromatic heterocycles. The average Bonchev–Trinajstić information content (AvgIpc) is 3.94. The maximum Gasteiger partial charge on any atom is 0.166 e. The second-order valence-corrected chi connectivity index (χ2v) is 15.0. The summed E-state index contributed by atoms with van der Waals surface area (Å²) in [6.07, 6.45) is -0.458. The van der Waals surface area contributed by atoms with Crippen molar-refractivity contribution in [3.63, 3.8) is 0 Å². The lowest BCUT2D eigenvalue weighted by molar-refractivity contribution is 0.358. The maximum absolute atomic E-state index is 6.76. The molecule has 270 valence electrons. The number of nitrogens with zero attached hydrogens (tertiary/aromatic N) is 2. The Hall–Kier alpha value is -7.34. The lowest BCUT2D eigenvalue weighted by atomic mass is 10.0. The molecule has 0 amide bonds. The molecular weight excluding hydrogens is 697 g/mol. The van der Waals surface area contributed by atoms with Crippen molar-refractivity contribution < 1.29 is 4.42 Å². The summed E-state index contributed by atoms with van der Waals surface area (Å²) in [7, 11) is 0. The summed E-state index contributed by atoms with van der Waals surface area (Å²) in [4.78, 5) is 0. The van der Waals surface area contributed by atoms with Crippen LogP contribution in [0.1, 0.15) is 23.7 Å². The van der Waals surface area contributed by atoms with Crippen LogP contribution in [-0.4, -0.2) is 9.13 Å². The predicted octanol–water partition coefficient (Wildman–Crippen LogP) is 13.2. The first kappa shape index (κ1) is 32.0. The Balaban J connectivity index is 1.02. The Kier molecular flexibility index (Phi) is 7.06. The number of hydrogen-bond donors (Lipinski definition) is 2. The Morgan fingerprint density at radius 1 is 0.421 bits per heavy atom. The fourth-order valence-electron chi connectivity index (χ4n) is 9.19. The van der Waals surface area contributed by atoms with E-state index in [0.717, 1.165) is 44.7 Å².